The Kier molecular flexibility index (Phi) is 3.87. The molecule has 124 valence electrons. The molecule has 0 unspecified atom stereocenters. The number of nitrogens with zero attached hydrogens (tertiary/aromatic N) is 2. The summed E-state index contributed by atoms with van der Waals surface area (Å²) in [6, 6.07) is 7.88. The fourth-order valence-corrected chi connectivity index (χ4v) is 3.83. The van der Waals surface area contributed by atoms with E-state index in [9.17, 15) is 4.79 Å². The molecule has 2 fully saturated rings. The number of hydrogen-bond donors (Lipinski definition) is 0. The van der Waals surface area contributed by atoms with Gasteiger partial charge < -0.3 is 9.47 Å². The van der Waals surface area contributed by atoms with Crippen molar-refractivity contribution >= 4 is 11.6 Å². The number of anilines is 1. The molecule has 0 N–H and O–H groups in total. The van der Waals surface area contributed by atoms with Crippen LogP contribution in [0.15, 0.2) is 24.3 Å². The monoisotopic (exact) mass is 316 g/mol. The fraction of sp³-hybridized carbons (Fsp3) is 0.611. The van der Waals surface area contributed by atoms with E-state index in [1.165, 1.54) is 19.3 Å². The zero-order valence-electron chi connectivity index (χ0n) is 13.7. The van der Waals surface area contributed by atoms with Gasteiger partial charge in [0, 0.05) is 5.56 Å². The Labute approximate surface area is 137 Å². The number of rotatable bonds is 2. The van der Waals surface area contributed by atoms with Crippen LogP contribution in [0, 0.1) is 0 Å². The Morgan fingerprint density at radius 3 is 2.78 bits per heavy atom. The predicted molar refractivity (Wildman–Crippen MR) is 87.0 cm³/mol. The molecule has 1 aromatic rings. The molecular formula is C18H24N2O3. The number of benzene rings is 1. The first-order valence-electron chi connectivity index (χ1n) is 8.66. The Morgan fingerprint density at radius 1 is 1.22 bits per heavy atom. The van der Waals surface area contributed by atoms with Gasteiger partial charge in [0.15, 0.2) is 0 Å². The molecule has 0 aromatic heterocycles. The van der Waals surface area contributed by atoms with Gasteiger partial charge in [-0.05, 0) is 45.3 Å². The van der Waals surface area contributed by atoms with Crippen LogP contribution in [-0.2, 0) is 20.1 Å². The lowest BCUT2D eigenvalue weighted by molar-refractivity contribution is -0.277. The molecule has 3 aliphatic rings. The average Bonchev–Trinajstić information content (AvgIpc) is 2.79. The van der Waals surface area contributed by atoms with Crippen LogP contribution in [0.5, 0.6) is 0 Å². The number of carbonyl (C=O) groups excluding carboxylic acids is 1. The molecule has 3 heterocycles. The van der Waals surface area contributed by atoms with Gasteiger partial charge in [0.25, 0.3) is 11.7 Å². The van der Waals surface area contributed by atoms with Crippen LogP contribution in [-0.4, -0.2) is 43.3 Å². The van der Waals surface area contributed by atoms with Crippen molar-refractivity contribution in [1.82, 2.24) is 4.90 Å². The van der Waals surface area contributed by atoms with Gasteiger partial charge in [-0.2, -0.15) is 0 Å². The number of piperidine rings is 1. The lowest BCUT2D eigenvalue weighted by Crippen LogP contribution is -2.51. The number of fused-ring (bicyclic) bond motifs is 2. The van der Waals surface area contributed by atoms with Gasteiger partial charge in [-0.1, -0.05) is 24.6 Å². The molecule has 0 bridgehead atoms. The van der Waals surface area contributed by atoms with E-state index in [1.54, 1.807) is 0 Å². The highest BCUT2D eigenvalue weighted by Gasteiger charge is 2.56. The maximum atomic E-state index is 13.2. The fourth-order valence-electron chi connectivity index (χ4n) is 3.83. The van der Waals surface area contributed by atoms with Crippen molar-refractivity contribution in [2.24, 2.45) is 0 Å². The molecule has 0 aliphatic carbocycles. The number of hydrogen-bond acceptors (Lipinski definition) is 4. The standard InChI is InChI=1S/C18H24N2O3/c1-14-9-12-22-18(23-14)15-7-3-4-8-16(15)20(17(18)21)13-19-10-5-2-6-11-19/h3-4,7-8,14H,2,5-6,9-13H2,1H3/t14-,18-/m0/s1. The predicted octanol–water partition coefficient (Wildman–Crippen LogP) is 2.45. The number of ether oxygens (including phenoxy) is 2. The van der Waals surface area contributed by atoms with Crippen LogP contribution < -0.4 is 4.90 Å². The first-order valence-corrected chi connectivity index (χ1v) is 8.66. The second-order valence-corrected chi connectivity index (χ2v) is 6.75. The van der Waals surface area contributed by atoms with Crippen LogP contribution in [0.3, 0.4) is 0 Å². The van der Waals surface area contributed by atoms with E-state index in [0.717, 1.165) is 30.8 Å². The Bertz CT molecular complexity index is 600. The Morgan fingerprint density at radius 2 is 2.00 bits per heavy atom. The van der Waals surface area contributed by atoms with Gasteiger partial charge in [-0.3, -0.25) is 14.6 Å². The number of carbonyl (C=O) groups is 1. The number of likely N-dealkylation sites (tertiary alicyclic amines) is 1. The SMILES string of the molecule is C[C@H]1CCO[C@@]2(O1)C(=O)N(CN1CCCCC1)c1ccccc12. The second kappa shape index (κ2) is 5.89. The molecule has 5 heteroatoms. The van der Waals surface area contributed by atoms with Crippen molar-refractivity contribution in [2.45, 2.75) is 44.5 Å². The Balaban J connectivity index is 1.67. The summed E-state index contributed by atoms with van der Waals surface area (Å²) in [7, 11) is 0. The number of amides is 1. The summed E-state index contributed by atoms with van der Waals surface area (Å²) >= 11 is 0. The zero-order valence-corrected chi connectivity index (χ0v) is 13.7. The minimum atomic E-state index is -1.23. The molecule has 3 aliphatic heterocycles. The van der Waals surface area contributed by atoms with Crippen molar-refractivity contribution in [2.75, 3.05) is 31.3 Å². The normalized spacial score (nSPS) is 31.6. The van der Waals surface area contributed by atoms with E-state index < -0.39 is 5.79 Å². The molecule has 2 atom stereocenters. The molecule has 2 saturated heterocycles. The first-order chi connectivity index (χ1) is 11.2. The smallest absolute Gasteiger partial charge is 0.293 e. The van der Waals surface area contributed by atoms with Crippen LogP contribution in [0.4, 0.5) is 5.69 Å². The summed E-state index contributed by atoms with van der Waals surface area (Å²) in [6.07, 6.45) is 4.55. The van der Waals surface area contributed by atoms with E-state index in [-0.39, 0.29) is 12.0 Å². The van der Waals surface area contributed by atoms with E-state index in [1.807, 2.05) is 36.1 Å². The van der Waals surface area contributed by atoms with Crippen molar-refractivity contribution in [1.29, 1.82) is 0 Å². The van der Waals surface area contributed by atoms with E-state index in [2.05, 4.69) is 4.90 Å². The molecular weight excluding hydrogens is 292 g/mol. The summed E-state index contributed by atoms with van der Waals surface area (Å²) in [5.74, 6) is -1.31. The highest BCUT2D eigenvalue weighted by Crippen LogP contribution is 2.46. The Hall–Kier alpha value is -1.43. The van der Waals surface area contributed by atoms with Gasteiger partial charge in [-0.25, -0.2) is 0 Å². The van der Waals surface area contributed by atoms with Crippen LogP contribution in [0.25, 0.3) is 0 Å². The summed E-state index contributed by atoms with van der Waals surface area (Å²) in [5.41, 5.74) is 1.78. The lowest BCUT2D eigenvalue weighted by atomic mass is 10.1. The third-order valence-electron chi connectivity index (χ3n) is 5.06. The minimum Gasteiger partial charge on any atom is -0.338 e. The van der Waals surface area contributed by atoms with Crippen LogP contribution in [0.1, 0.15) is 38.2 Å². The van der Waals surface area contributed by atoms with Gasteiger partial charge in [0.05, 0.1) is 25.1 Å². The van der Waals surface area contributed by atoms with Crippen molar-refractivity contribution in [3.05, 3.63) is 29.8 Å². The summed E-state index contributed by atoms with van der Waals surface area (Å²) in [5, 5.41) is 0. The summed E-state index contributed by atoms with van der Waals surface area (Å²) in [6.45, 7) is 5.29. The van der Waals surface area contributed by atoms with Gasteiger partial charge in [0.2, 0.25) is 0 Å². The summed E-state index contributed by atoms with van der Waals surface area (Å²) < 4.78 is 12.0. The van der Waals surface area contributed by atoms with Crippen LogP contribution in [0.2, 0.25) is 0 Å². The largest absolute Gasteiger partial charge is 0.338 e. The topological polar surface area (TPSA) is 42.0 Å². The van der Waals surface area contributed by atoms with Gasteiger partial charge >= 0.3 is 0 Å². The second-order valence-electron chi connectivity index (χ2n) is 6.75. The molecule has 1 amide bonds. The van der Waals surface area contributed by atoms with E-state index in [4.69, 9.17) is 9.47 Å². The van der Waals surface area contributed by atoms with Gasteiger partial charge in [-0.15, -0.1) is 0 Å². The molecule has 0 saturated carbocycles. The molecule has 1 aromatic carbocycles. The number of para-hydroxylation sites is 1. The minimum absolute atomic E-state index is 0.0238. The molecule has 0 radical (unpaired) electrons. The van der Waals surface area contributed by atoms with Gasteiger partial charge in [0.1, 0.15) is 0 Å². The highest BCUT2D eigenvalue weighted by atomic mass is 16.7. The third kappa shape index (κ3) is 2.47. The van der Waals surface area contributed by atoms with Crippen molar-refractivity contribution < 1.29 is 14.3 Å². The molecule has 4 rings (SSSR count). The average molecular weight is 316 g/mol. The highest BCUT2D eigenvalue weighted by molar-refractivity contribution is 6.06. The van der Waals surface area contributed by atoms with Crippen molar-refractivity contribution in [3.63, 3.8) is 0 Å². The molecule has 1 spiro atoms. The van der Waals surface area contributed by atoms with E-state index in [0.29, 0.717) is 13.3 Å². The summed E-state index contributed by atoms with van der Waals surface area (Å²) in [4.78, 5) is 17.4. The third-order valence-corrected chi connectivity index (χ3v) is 5.06. The molecule has 23 heavy (non-hydrogen) atoms. The van der Waals surface area contributed by atoms with Crippen molar-refractivity contribution in [3.8, 4) is 0 Å². The maximum absolute atomic E-state index is 13.2. The quantitative estimate of drug-likeness (QED) is 0.840. The zero-order chi connectivity index (χ0) is 15.9. The maximum Gasteiger partial charge on any atom is 0.293 e. The molecule has 5 nitrogen and oxygen atoms in total. The first kappa shape index (κ1) is 15.1. The van der Waals surface area contributed by atoms with Crippen LogP contribution >= 0.6 is 0 Å². The lowest BCUT2D eigenvalue weighted by Gasteiger charge is -2.37. The van der Waals surface area contributed by atoms with E-state index >= 15 is 0 Å².